The maximum atomic E-state index is 12.0. The zero-order valence-corrected chi connectivity index (χ0v) is 11.7. The Bertz CT molecular complexity index is 814. The summed E-state index contributed by atoms with van der Waals surface area (Å²) < 4.78 is 29.7. The summed E-state index contributed by atoms with van der Waals surface area (Å²) in [5.74, 6) is 1.50. The summed E-state index contributed by atoms with van der Waals surface area (Å²) >= 11 is 0. The Morgan fingerprint density at radius 2 is 2.20 bits per heavy atom. The Hall–Kier alpha value is -2.33. The first-order chi connectivity index (χ1) is 9.34. The van der Waals surface area contributed by atoms with Crippen molar-refractivity contribution in [3.05, 3.63) is 30.1 Å². The maximum absolute atomic E-state index is 12.0. The Labute approximate surface area is 116 Å². The monoisotopic (exact) mass is 292 g/mol. The highest BCUT2D eigenvalue weighted by Crippen LogP contribution is 2.18. The van der Waals surface area contributed by atoms with E-state index >= 15 is 0 Å². The lowest BCUT2D eigenvalue weighted by molar-refractivity contribution is 0.0434. The summed E-state index contributed by atoms with van der Waals surface area (Å²) in [5.41, 5.74) is 0.273. The molecule has 0 bridgehead atoms. The van der Waals surface area contributed by atoms with Crippen LogP contribution in [0.15, 0.2) is 29.6 Å². The molecule has 1 unspecified atom stereocenters. The van der Waals surface area contributed by atoms with E-state index in [9.17, 15) is 13.2 Å². The summed E-state index contributed by atoms with van der Waals surface area (Å²) in [5, 5.41) is -0.214. The number of carbonyl (C=O) groups excluding carboxylic acids is 1. The fourth-order valence-corrected chi connectivity index (χ4v) is 2.45. The second kappa shape index (κ2) is 4.98. The van der Waals surface area contributed by atoms with E-state index in [-0.39, 0.29) is 10.9 Å². The summed E-state index contributed by atoms with van der Waals surface area (Å²) in [4.78, 5) is 15.9. The van der Waals surface area contributed by atoms with Gasteiger partial charge in [0.2, 0.25) is 15.0 Å². The van der Waals surface area contributed by atoms with Crippen molar-refractivity contribution in [3.63, 3.8) is 0 Å². The molecule has 0 saturated carbocycles. The van der Waals surface area contributed by atoms with Gasteiger partial charge in [-0.3, -0.25) is 4.40 Å². The molecule has 7 heteroatoms. The van der Waals surface area contributed by atoms with Gasteiger partial charge in [0.1, 0.15) is 0 Å². The first-order valence-corrected chi connectivity index (χ1v) is 7.58. The van der Waals surface area contributed by atoms with Crippen molar-refractivity contribution < 1.29 is 17.9 Å². The van der Waals surface area contributed by atoms with Gasteiger partial charge in [-0.1, -0.05) is 12.0 Å². The molecule has 0 spiro atoms. The van der Waals surface area contributed by atoms with Crippen LogP contribution in [-0.2, 0) is 14.6 Å². The highest BCUT2D eigenvalue weighted by Gasteiger charge is 2.24. The van der Waals surface area contributed by atoms with Crippen LogP contribution in [0.4, 0.5) is 0 Å². The Kier molecular flexibility index (Phi) is 3.51. The second-order valence-corrected chi connectivity index (χ2v) is 6.09. The quantitative estimate of drug-likeness (QED) is 0.621. The van der Waals surface area contributed by atoms with Gasteiger partial charge < -0.3 is 4.74 Å². The second-order valence-electron chi connectivity index (χ2n) is 4.19. The summed E-state index contributed by atoms with van der Waals surface area (Å²) in [6.45, 7) is 1.54. The van der Waals surface area contributed by atoms with Gasteiger partial charge in [0.05, 0.1) is 5.52 Å². The number of esters is 1. The van der Waals surface area contributed by atoms with Crippen LogP contribution in [0.5, 0.6) is 0 Å². The Morgan fingerprint density at radius 3 is 2.80 bits per heavy atom. The van der Waals surface area contributed by atoms with Crippen LogP contribution in [0.25, 0.3) is 5.52 Å². The normalized spacial score (nSPS) is 12.8. The zero-order valence-electron chi connectivity index (χ0n) is 10.9. The van der Waals surface area contributed by atoms with Crippen LogP contribution < -0.4 is 0 Å². The number of nitrogens with zero attached hydrogens (tertiary/aromatic N) is 2. The molecule has 6 nitrogen and oxygen atoms in total. The molecule has 0 aromatic carbocycles. The van der Waals surface area contributed by atoms with Gasteiger partial charge in [0, 0.05) is 12.5 Å². The third kappa shape index (κ3) is 2.51. The molecule has 0 amide bonds. The summed E-state index contributed by atoms with van der Waals surface area (Å²) in [7, 11) is -3.57. The van der Waals surface area contributed by atoms with Gasteiger partial charge >= 0.3 is 5.97 Å². The molecule has 0 saturated heterocycles. The molecule has 2 heterocycles. The number of hydrogen-bond acceptors (Lipinski definition) is 5. The lowest BCUT2D eigenvalue weighted by atomic mass is 10.3. The molecule has 0 radical (unpaired) electrons. The molecule has 0 aliphatic carbocycles. The van der Waals surface area contributed by atoms with Crippen LogP contribution in [-0.4, -0.2) is 36.1 Å². The summed E-state index contributed by atoms with van der Waals surface area (Å²) in [6, 6.07) is 4.89. The number of sulfone groups is 1. The number of aromatic nitrogens is 2. The third-order valence-corrected chi connectivity index (χ3v) is 3.51. The first kappa shape index (κ1) is 14.1. The predicted molar refractivity (Wildman–Crippen MR) is 72.0 cm³/mol. The minimum atomic E-state index is -3.57. The van der Waals surface area contributed by atoms with E-state index < -0.39 is 21.9 Å². The number of carbonyl (C=O) groups is 1. The van der Waals surface area contributed by atoms with E-state index in [4.69, 9.17) is 11.2 Å². The molecular weight excluding hydrogens is 280 g/mol. The smallest absolute Gasteiger partial charge is 0.360 e. The van der Waals surface area contributed by atoms with Crippen LogP contribution in [0.2, 0.25) is 0 Å². The van der Waals surface area contributed by atoms with E-state index in [1.54, 1.807) is 18.2 Å². The van der Waals surface area contributed by atoms with Crippen molar-refractivity contribution in [2.24, 2.45) is 0 Å². The number of rotatable bonds is 3. The molecule has 2 rings (SSSR count). The minimum absolute atomic E-state index is 0.0758. The third-order valence-electron chi connectivity index (χ3n) is 2.56. The van der Waals surface area contributed by atoms with Crippen molar-refractivity contribution in [3.8, 4) is 12.3 Å². The van der Waals surface area contributed by atoms with E-state index in [0.29, 0.717) is 5.52 Å². The topological polar surface area (TPSA) is 77.7 Å². The van der Waals surface area contributed by atoms with Gasteiger partial charge in [-0.2, -0.15) is 0 Å². The maximum Gasteiger partial charge on any atom is 0.360 e. The highest BCUT2D eigenvalue weighted by atomic mass is 32.2. The molecule has 2 aromatic heterocycles. The largest absolute Gasteiger partial charge is 0.445 e. The van der Waals surface area contributed by atoms with Crippen molar-refractivity contribution in [1.29, 1.82) is 0 Å². The number of terminal acetylenes is 1. The fourth-order valence-electron chi connectivity index (χ4n) is 1.67. The lowest BCUT2D eigenvalue weighted by Crippen LogP contribution is -2.14. The van der Waals surface area contributed by atoms with Crippen molar-refractivity contribution >= 4 is 21.3 Å². The lowest BCUT2D eigenvalue weighted by Gasteiger charge is -2.05. The van der Waals surface area contributed by atoms with Crippen molar-refractivity contribution in [2.45, 2.75) is 18.2 Å². The van der Waals surface area contributed by atoms with Crippen LogP contribution >= 0.6 is 0 Å². The van der Waals surface area contributed by atoms with E-state index in [2.05, 4.69) is 10.9 Å². The van der Waals surface area contributed by atoms with Crippen LogP contribution in [0, 0.1) is 12.3 Å². The molecule has 1 atom stereocenters. The predicted octanol–water partition coefficient (Wildman–Crippen LogP) is 0.916. The van der Waals surface area contributed by atoms with E-state index in [1.807, 2.05) is 0 Å². The average molecular weight is 292 g/mol. The molecule has 0 fully saturated rings. The van der Waals surface area contributed by atoms with Crippen molar-refractivity contribution in [2.75, 3.05) is 6.26 Å². The highest BCUT2D eigenvalue weighted by molar-refractivity contribution is 7.90. The van der Waals surface area contributed by atoms with Crippen molar-refractivity contribution in [1.82, 2.24) is 9.38 Å². The Balaban J connectivity index is 2.61. The standard InChI is InChI=1S/C13H12N2O4S/c1-4-9(2)19-12(16)11-10-7-5-6-8-15(10)13(14-11)20(3,17)18/h1,5-9H,2-3H3. The van der Waals surface area contributed by atoms with Gasteiger partial charge in [0.25, 0.3) is 0 Å². The SMILES string of the molecule is C#CC(C)OC(=O)c1nc(S(C)(=O)=O)n2ccccc12. The first-order valence-electron chi connectivity index (χ1n) is 5.69. The molecule has 0 aliphatic rings. The minimum Gasteiger partial charge on any atom is -0.445 e. The average Bonchev–Trinajstić information content (AvgIpc) is 2.78. The number of hydrogen-bond donors (Lipinski definition) is 0. The number of imidazole rings is 1. The number of fused-ring (bicyclic) bond motifs is 1. The van der Waals surface area contributed by atoms with Gasteiger partial charge in [-0.05, 0) is 19.1 Å². The zero-order chi connectivity index (χ0) is 14.9. The number of ether oxygens (including phenoxy) is 1. The fraction of sp³-hybridized carbons (Fsp3) is 0.231. The Morgan fingerprint density at radius 1 is 1.50 bits per heavy atom. The number of pyridine rings is 1. The van der Waals surface area contributed by atoms with Gasteiger partial charge in [-0.15, -0.1) is 6.42 Å². The molecule has 2 aromatic rings. The summed E-state index contributed by atoms with van der Waals surface area (Å²) in [6.07, 6.45) is 6.95. The van der Waals surface area contributed by atoms with E-state index in [0.717, 1.165) is 6.26 Å². The van der Waals surface area contributed by atoms with Crippen LogP contribution in [0.1, 0.15) is 17.4 Å². The van der Waals surface area contributed by atoms with E-state index in [1.165, 1.54) is 17.5 Å². The molecule has 20 heavy (non-hydrogen) atoms. The molecule has 0 aliphatic heterocycles. The molecule has 104 valence electrons. The van der Waals surface area contributed by atoms with Gasteiger partial charge in [0.15, 0.2) is 11.8 Å². The van der Waals surface area contributed by atoms with Crippen LogP contribution in [0.3, 0.4) is 0 Å². The molecular formula is C13H12N2O4S. The molecule has 0 N–H and O–H groups in total. The van der Waals surface area contributed by atoms with Gasteiger partial charge in [-0.25, -0.2) is 18.2 Å².